The highest BCUT2D eigenvalue weighted by molar-refractivity contribution is 6.46. The first-order valence-corrected chi connectivity index (χ1v) is 6.34. The van der Waals surface area contributed by atoms with Gasteiger partial charge in [-0.25, -0.2) is 4.79 Å². The molecule has 116 valence electrons. The van der Waals surface area contributed by atoms with E-state index in [1.54, 1.807) is 0 Å². The van der Waals surface area contributed by atoms with Crippen LogP contribution in [0.5, 0.6) is 0 Å². The molecule has 0 spiro atoms. The summed E-state index contributed by atoms with van der Waals surface area (Å²) in [5.74, 6) is -1.42. The van der Waals surface area contributed by atoms with E-state index in [0.717, 1.165) is 10.8 Å². The Balaban J connectivity index is 2.29. The Morgan fingerprint density at radius 2 is 2.19 bits per heavy atom. The molecule has 0 amide bonds. The number of hydrogen-bond donors (Lipinski definition) is 2. The van der Waals surface area contributed by atoms with E-state index in [4.69, 9.17) is 14.0 Å². The minimum absolute atomic E-state index is 0.267. The smallest absolute Gasteiger partial charge is 0.414 e. The number of aromatic amines is 1. The molecule has 2 N–H and O–H groups in total. The van der Waals surface area contributed by atoms with Crippen molar-refractivity contribution in [3.8, 4) is 0 Å². The second kappa shape index (κ2) is 6.52. The van der Waals surface area contributed by atoms with Crippen LogP contribution in [0.25, 0.3) is 0 Å². The lowest BCUT2D eigenvalue weighted by Gasteiger charge is -2.19. The van der Waals surface area contributed by atoms with Gasteiger partial charge in [-0.1, -0.05) is 0 Å². The van der Waals surface area contributed by atoms with E-state index in [1.807, 2.05) is 4.98 Å². The molecule has 0 saturated carbocycles. The van der Waals surface area contributed by atoms with Crippen LogP contribution in [0.1, 0.15) is 12.6 Å². The minimum atomic E-state index is -1.09. The van der Waals surface area contributed by atoms with Crippen LogP contribution in [0.4, 0.5) is 4.39 Å². The molecule has 8 nitrogen and oxygen atoms in total. The summed E-state index contributed by atoms with van der Waals surface area (Å²) in [6.45, 7) is -0.301. The fraction of sp³-hybridized carbons (Fsp3) is 0.636. The van der Waals surface area contributed by atoms with Crippen LogP contribution in [0.3, 0.4) is 0 Å². The summed E-state index contributed by atoms with van der Waals surface area (Å²) in [6, 6.07) is 0. The van der Waals surface area contributed by atoms with E-state index in [9.17, 15) is 19.1 Å². The van der Waals surface area contributed by atoms with Gasteiger partial charge in [0.15, 0.2) is 0 Å². The monoisotopic (exact) mass is 302 g/mol. The first-order valence-electron chi connectivity index (χ1n) is 6.34. The summed E-state index contributed by atoms with van der Waals surface area (Å²) in [5.41, 5.74) is -1.87. The van der Waals surface area contributed by atoms with Gasteiger partial charge in [0, 0.05) is 20.0 Å². The second-order valence-corrected chi connectivity index (χ2v) is 4.69. The van der Waals surface area contributed by atoms with Crippen molar-refractivity contribution in [2.75, 3.05) is 20.8 Å². The van der Waals surface area contributed by atoms with Crippen molar-refractivity contribution >= 4 is 7.12 Å². The van der Waals surface area contributed by atoms with Crippen LogP contribution >= 0.6 is 0 Å². The standard InChI is InChI=1S/C11H16BFN2O6/c1-19-12(20-2)6-3-9(21-8(6)5-16)15-4-7(13)10(17)14-11(15)18/h4,6,8-9,16H,3,5H2,1-2H3,(H,14,17,18)/t6-,8+,9+/m0/s1. The summed E-state index contributed by atoms with van der Waals surface area (Å²) in [4.78, 5) is 24.6. The zero-order valence-electron chi connectivity index (χ0n) is 11.6. The fourth-order valence-corrected chi connectivity index (χ4v) is 2.51. The van der Waals surface area contributed by atoms with Crippen LogP contribution in [0.15, 0.2) is 15.8 Å². The van der Waals surface area contributed by atoms with Gasteiger partial charge in [-0.3, -0.25) is 14.3 Å². The van der Waals surface area contributed by atoms with E-state index >= 15 is 0 Å². The summed E-state index contributed by atoms with van der Waals surface area (Å²) < 4.78 is 30.1. The Kier molecular flexibility index (Phi) is 4.94. The molecule has 2 heterocycles. The van der Waals surface area contributed by atoms with Crippen LogP contribution in [-0.4, -0.2) is 48.7 Å². The highest BCUT2D eigenvalue weighted by atomic mass is 19.1. The lowest BCUT2D eigenvalue weighted by molar-refractivity contribution is -0.0265. The van der Waals surface area contributed by atoms with Crippen LogP contribution < -0.4 is 11.2 Å². The Morgan fingerprint density at radius 3 is 2.76 bits per heavy atom. The topological polar surface area (TPSA) is 103 Å². The van der Waals surface area contributed by atoms with Crippen LogP contribution in [-0.2, 0) is 14.0 Å². The Labute approximate surface area is 119 Å². The number of aromatic nitrogens is 2. The molecule has 1 aliphatic rings. The minimum Gasteiger partial charge on any atom is -0.414 e. The van der Waals surface area contributed by atoms with Crippen molar-refractivity contribution in [3.05, 3.63) is 32.9 Å². The number of aliphatic hydroxyl groups excluding tert-OH is 1. The van der Waals surface area contributed by atoms with E-state index in [-0.39, 0.29) is 18.8 Å². The first kappa shape index (κ1) is 15.9. The SMILES string of the molecule is COB(OC)[C@H]1C[C@H](n2cc(F)c(=O)[nH]c2=O)O[C@@H]1CO. The number of hydrogen-bond acceptors (Lipinski definition) is 6. The lowest BCUT2D eigenvalue weighted by atomic mass is 9.67. The third-order valence-electron chi connectivity index (χ3n) is 3.51. The molecule has 1 saturated heterocycles. The van der Waals surface area contributed by atoms with Crippen molar-refractivity contribution in [1.82, 2.24) is 9.55 Å². The number of ether oxygens (including phenoxy) is 1. The van der Waals surface area contributed by atoms with E-state index in [0.29, 0.717) is 0 Å². The molecule has 21 heavy (non-hydrogen) atoms. The summed E-state index contributed by atoms with van der Waals surface area (Å²) in [6.07, 6.45) is -0.388. The summed E-state index contributed by atoms with van der Waals surface area (Å²) in [7, 11) is 2.26. The molecule has 10 heteroatoms. The van der Waals surface area contributed by atoms with Crippen molar-refractivity contribution in [1.29, 1.82) is 0 Å². The quantitative estimate of drug-likeness (QED) is 0.684. The first-order chi connectivity index (χ1) is 10.0. The Hall–Kier alpha value is -1.49. The number of H-pyrrole nitrogens is 1. The molecule has 1 fully saturated rings. The molecule has 0 bridgehead atoms. The van der Waals surface area contributed by atoms with Gasteiger partial charge in [0.25, 0.3) is 5.56 Å². The number of rotatable bonds is 5. The normalized spacial score (nSPS) is 25.2. The molecular weight excluding hydrogens is 286 g/mol. The van der Waals surface area contributed by atoms with Gasteiger partial charge < -0.3 is 19.2 Å². The molecule has 3 atom stereocenters. The number of aliphatic hydroxyl groups is 1. The highest BCUT2D eigenvalue weighted by Crippen LogP contribution is 2.38. The van der Waals surface area contributed by atoms with Gasteiger partial charge in [-0.15, -0.1) is 0 Å². The van der Waals surface area contributed by atoms with Gasteiger partial charge in [0.2, 0.25) is 5.82 Å². The molecule has 0 radical (unpaired) electrons. The molecular formula is C11H16BFN2O6. The molecule has 1 aliphatic heterocycles. The second-order valence-electron chi connectivity index (χ2n) is 4.69. The average molecular weight is 302 g/mol. The lowest BCUT2D eigenvalue weighted by Crippen LogP contribution is -2.34. The summed E-state index contributed by atoms with van der Waals surface area (Å²) in [5, 5.41) is 9.35. The number of nitrogens with zero attached hydrogens (tertiary/aromatic N) is 1. The molecule has 0 aliphatic carbocycles. The number of nitrogens with one attached hydrogen (secondary N) is 1. The van der Waals surface area contributed by atoms with Gasteiger partial charge in [0.05, 0.1) is 18.9 Å². The van der Waals surface area contributed by atoms with Crippen molar-refractivity contribution in [3.63, 3.8) is 0 Å². The highest BCUT2D eigenvalue weighted by Gasteiger charge is 2.44. The predicted molar refractivity (Wildman–Crippen MR) is 70.4 cm³/mol. The zero-order valence-corrected chi connectivity index (χ0v) is 11.6. The fourth-order valence-electron chi connectivity index (χ4n) is 2.51. The Morgan fingerprint density at radius 1 is 1.52 bits per heavy atom. The van der Waals surface area contributed by atoms with E-state index in [1.165, 1.54) is 14.2 Å². The number of halogens is 1. The maximum atomic E-state index is 13.3. The van der Waals surface area contributed by atoms with Crippen molar-refractivity contribution < 1.29 is 23.5 Å². The summed E-state index contributed by atoms with van der Waals surface area (Å²) >= 11 is 0. The van der Waals surface area contributed by atoms with Gasteiger partial charge in [0.1, 0.15) is 6.23 Å². The Bertz CT molecular complexity index is 601. The van der Waals surface area contributed by atoms with Crippen molar-refractivity contribution in [2.45, 2.75) is 24.6 Å². The third kappa shape index (κ3) is 3.08. The molecule has 0 unspecified atom stereocenters. The molecule has 1 aromatic heterocycles. The van der Waals surface area contributed by atoms with Gasteiger partial charge >= 0.3 is 12.8 Å². The molecule has 2 rings (SSSR count). The third-order valence-corrected chi connectivity index (χ3v) is 3.51. The van der Waals surface area contributed by atoms with Crippen molar-refractivity contribution in [2.24, 2.45) is 0 Å². The maximum absolute atomic E-state index is 13.3. The van der Waals surface area contributed by atoms with Gasteiger partial charge in [-0.2, -0.15) is 4.39 Å². The molecule has 1 aromatic rings. The van der Waals surface area contributed by atoms with Crippen LogP contribution in [0.2, 0.25) is 5.82 Å². The predicted octanol–water partition coefficient (Wildman–Crippen LogP) is -0.893. The van der Waals surface area contributed by atoms with E-state index in [2.05, 4.69) is 0 Å². The largest absolute Gasteiger partial charge is 0.462 e. The average Bonchev–Trinajstić information content (AvgIpc) is 2.88. The maximum Gasteiger partial charge on any atom is 0.462 e. The molecule has 0 aromatic carbocycles. The van der Waals surface area contributed by atoms with Gasteiger partial charge in [-0.05, 0) is 6.42 Å². The van der Waals surface area contributed by atoms with E-state index < -0.39 is 36.5 Å². The zero-order chi connectivity index (χ0) is 15.6. The van der Waals surface area contributed by atoms with Crippen LogP contribution in [0, 0.1) is 5.82 Å².